The molecule has 1 aromatic heterocycles. The summed E-state index contributed by atoms with van der Waals surface area (Å²) in [7, 11) is 0. The Hall–Kier alpha value is -2.36. The third kappa shape index (κ3) is 1.73. The maximum Gasteiger partial charge on any atom is 0.251 e. The smallest absolute Gasteiger partial charge is 0.251 e. The Morgan fingerprint density at radius 1 is 1.06 bits per heavy atom. The molecule has 0 bridgehead atoms. The van der Waals surface area contributed by atoms with Crippen molar-refractivity contribution in [1.29, 1.82) is 0 Å². The van der Waals surface area contributed by atoms with Crippen molar-refractivity contribution in [3.05, 3.63) is 54.4 Å². The van der Waals surface area contributed by atoms with Crippen LogP contribution in [0.15, 0.2) is 48.8 Å². The second-order valence-electron chi connectivity index (χ2n) is 3.90. The van der Waals surface area contributed by atoms with E-state index < -0.39 is 0 Å². The van der Waals surface area contributed by atoms with Crippen LogP contribution in [0.25, 0.3) is 0 Å². The number of pyridine rings is 1. The minimum atomic E-state index is -0.354. The number of anilines is 2. The van der Waals surface area contributed by atoms with E-state index in [0.29, 0.717) is 0 Å². The number of amides is 1. The zero-order chi connectivity index (χ0) is 11.7. The summed E-state index contributed by atoms with van der Waals surface area (Å²) in [5.74, 6) is -0.0464. The van der Waals surface area contributed by atoms with Gasteiger partial charge in [0.25, 0.3) is 5.91 Å². The van der Waals surface area contributed by atoms with Gasteiger partial charge in [0, 0.05) is 6.20 Å². The predicted molar refractivity (Wildman–Crippen MR) is 65.7 cm³/mol. The maximum absolute atomic E-state index is 12.0. The molecule has 1 atom stereocenters. The number of hydrogen-bond acceptors (Lipinski definition) is 3. The van der Waals surface area contributed by atoms with E-state index >= 15 is 0 Å². The number of carbonyl (C=O) groups excluding carboxylic acids is 1. The molecule has 0 aliphatic carbocycles. The quantitative estimate of drug-likeness (QED) is 0.782. The van der Waals surface area contributed by atoms with Crippen LogP contribution in [0, 0.1) is 0 Å². The van der Waals surface area contributed by atoms with Crippen molar-refractivity contribution in [2.75, 3.05) is 10.6 Å². The summed E-state index contributed by atoms with van der Waals surface area (Å²) in [6.07, 6.45) is 3.37. The van der Waals surface area contributed by atoms with Crippen LogP contribution in [0.1, 0.15) is 11.6 Å². The van der Waals surface area contributed by atoms with Crippen molar-refractivity contribution in [3.8, 4) is 0 Å². The molecule has 1 aliphatic heterocycles. The predicted octanol–water partition coefficient (Wildman–Crippen LogP) is 2.19. The first-order valence-corrected chi connectivity index (χ1v) is 5.41. The van der Waals surface area contributed by atoms with Crippen molar-refractivity contribution >= 4 is 17.3 Å². The fourth-order valence-corrected chi connectivity index (χ4v) is 1.92. The minimum Gasteiger partial charge on any atom is -0.367 e. The van der Waals surface area contributed by atoms with Gasteiger partial charge in [0.2, 0.25) is 0 Å². The Bertz CT molecular complexity index is 554. The molecule has 1 amide bonds. The van der Waals surface area contributed by atoms with Crippen LogP contribution in [0.2, 0.25) is 0 Å². The van der Waals surface area contributed by atoms with Gasteiger partial charge in [0.1, 0.15) is 6.04 Å². The third-order valence-electron chi connectivity index (χ3n) is 2.77. The summed E-state index contributed by atoms with van der Waals surface area (Å²) in [6.45, 7) is 0. The van der Waals surface area contributed by atoms with E-state index in [0.717, 1.165) is 16.9 Å². The molecule has 0 saturated heterocycles. The second-order valence-corrected chi connectivity index (χ2v) is 3.90. The summed E-state index contributed by atoms with van der Waals surface area (Å²) >= 11 is 0. The molecule has 4 heteroatoms. The molecule has 0 saturated carbocycles. The molecule has 2 aromatic rings. The van der Waals surface area contributed by atoms with Crippen molar-refractivity contribution in [3.63, 3.8) is 0 Å². The molecule has 17 heavy (non-hydrogen) atoms. The monoisotopic (exact) mass is 225 g/mol. The van der Waals surface area contributed by atoms with Crippen LogP contribution in [0.4, 0.5) is 11.4 Å². The number of nitrogens with zero attached hydrogens (tertiary/aromatic N) is 1. The lowest BCUT2D eigenvalue weighted by atomic mass is 10.0. The van der Waals surface area contributed by atoms with E-state index in [1.54, 1.807) is 18.5 Å². The van der Waals surface area contributed by atoms with E-state index in [1.165, 1.54) is 0 Å². The highest BCUT2D eigenvalue weighted by atomic mass is 16.2. The Balaban J connectivity index is 1.98. The van der Waals surface area contributed by atoms with Gasteiger partial charge in [0.15, 0.2) is 0 Å². The lowest BCUT2D eigenvalue weighted by molar-refractivity contribution is -0.117. The average molecular weight is 225 g/mol. The van der Waals surface area contributed by atoms with Gasteiger partial charge in [-0.3, -0.25) is 9.78 Å². The van der Waals surface area contributed by atoms with Crippen LogP contribution in [0.3, 0.4) is 0 Å². The molecule has 2 heterocycles. The summed E-state index contributed by atoms with van der Waals surface area (Å²) in [5.41, 5.74) is 2.57. The second kappa shape index (κ2) is 3.90. The standard InChI is InChI=1S/C13H11N3O/c17-13-12(9-4-2-1-3-5-9)15-11-8-14-7-6-10(11)16-13/h1-8,12,15H,(H,16,17). The zero-order valence-corrected chi connectivity index (χ0v) is 9.05. The van der Waals surface area contributed by atoms with Crippen molar-refractivity contribution in [2.45, 2.75) is 6.04 Å². The first-order chi connectivity index (χ1) is 8.34. The Morgan fingerprint density at radius 3 is 2.71 bits per heavy atom. The van der Waals surface area contributed by atoms with Crippen molar-refractivity contribution < 1.29 is 4.79 Å². The van der Waals surface area contributed by atoms with Gasteiger partial charge in [-0.15, -0.1) is 0 Å². The fourth-order valence-electron chi connectivity index (χ4n) is 1.92. The van der Waals surface area contributed by atoms with Gasteiger partial charge in [-0.05, 0) is 11.6 Å². The number of fused-ring (bicyclic) bond motifs is 1. The first kappa shape index (κ1) is 9.84. The molecule has 0 spiro atoms. The lowest BCUT2D eigenvalue weighted by Gasteiger charge is -2.26. The maximum atomic E-state index is 12.0. The number of aromatic nitrogens is 1. The topological polar surface area (TPSA) is 54.0 Å². The molecule has 0 fully saturated rings. The molecule has 1 unspecified atom stereocenters. The molecule has 2 N–H and O–H groups in total. The highest BCUT2D eigenvalue weighted by Crippen LogP contribution is 2.30. The molecule has 3 rings (SSSR count). The van der Waals surface area contributed by atoms with Crippen molar-refractivity contribution in [2.24, 2.45) is 0 Å². The Morgan fingerprint density at radius 2 is 1.88 bits per heavy atom. The molecule has 1 aliphatic rings. The highest BCUT2D eigenvalue weighted by molar-refractivity contribution is 6.03. The van der Waals surface area contributed by atoms with Gasteiger partial charge in [0.05, 0.1) is 17.6 Å². The summed E-state index contributed by atoms with van der Waals surface area (Å²) < 4.78 is 0. The van der Waals surface area contributed by atoms with E-state index in [-0.39, 0.29) is 11.9 Å². The van der Waals surface area contributed by atoms with Gasteiger partial charge in [-0.2, -0.15) is 0 Å². The lowest BCUT2D eigenvalue weighted by Crippen LogP contribution is -2.31. The van der Waals surface area contributed by atoms with Crippen LogP contribution in [-0.4, -0.2) is 10.9 Å². The number of benzene rings is 1. The first-order valence-electron chi connectivity index (χ1n) is 5.41. The third-order valence-corrected chi connectivity index (χ3v) is 2.77. The Labute approximate surface area is 98.7 Å². The van der Waals surface area contributed by atoms with Crippen LogP contribution in [0.5, 0.6) is 0 Å². The van der Waals surface area contributed by atoms with Gasteiger partial charge in [-0.25, -0.2) is 0 Å². The van der Waals surface area contributed by atoms with E-state index in [9.17, 15) is 4.79 Å². The highest BCUT2D eigenvalue weighted by Gasteiger charge is 2.26. The SMILES string of the molecule is O=C1Nc2ccncc2NC1c1ccccc1. The van der Waals surface area contributed by atoms with E-state index in [2.05, 4.69) is 15.6 Å². The van der Waals surface area contributed by atoms with Crippen molar-refractivity contribution in [1.82, 2.24) is 4.98 Å². The zero-order valence-electron chi connectivity index (χ0n) is 9.05. The summed E-state index contributed by atoms with van der Waals surface area (Å²) in [5, 5.41) is 6.06. The van der Waals surface area contributed by atoms with Gasteiger partial charge >= 0.3 is 0 Å². The van der Waals surface area contributed by atoms with E-state index in [4.69, 9.17) is 0 Å². The van der Waals surface area contributed by atoms with Crippen LogP contribution < -0.4 is 10.6 Å². The minimum absolute atomic E-state index is 0.0464. The summed E-state index contributed by atoms with van der Waals surface area (Å²) in [4.78, 5) is 16.0. The number of nitrogens with one attached hydrogen (secondary N) is 2. The molecule has 84 valence electrons. The number of rotatable bonds is 1. The normalized spacial score (nSPS) is 17.9. The molecule has 4 nitrogen and oxygen atoms in total. The van der Waals surface area contributed by atoms with Crippen LogP contribution in [-0.2, 0) is 4.79 Å². The van der Waals surface area contributed by atoms with Gasteiger partial charge in [-0.1, -0.05) is 30.3 Å². The largest absolute Gasteiger partial charge is 0.367 e. The molecular formula is C13H11N3O. The number of hydrogen-bond donors (Lipinski definition) is 2. The number of carbonyl (C=O) groups is 1. The molecule has 1 aromatic carbocycles. The fraction of sp³-hybridized carbons (Fsp3) is 0.0769. The summed E-state index contributed by atoms with van der Waals surface area (Å²) in [6, 6.07) is 11.1. The van der Waals surface area contributed by atoms with Crippen LogP contribution >= 0.6 is 0 Å². The Kier molecular flexibility index (Phi) is 2.26. The van der Waals surface area contributed by atoms with E-state index in [1.807, 2.05) is 30.3 Å². The molecule has 0 radical (unpaired) electrons. The average Bonchev–Trinajstić information content (AvgIpc) is 2.39. The van der Waals surface area contributed by atoms with Gasteiger partial charge < -0.3 is 10.6 Å². The molecular weight excluding hydrogens is 214 g/mol.